The Labute approximate surface area is 106 Å². The first kappa shape index (κ1) is 15.3. The summed E-state index contributed by atoms with van der Waals surface area (Å²) in [5, 5.41) is 0. The van der Waals surface area contributed by atoms with Crippen LogP contribution in [0.2, 0.25) is 0 Å². The molecule has 0 aromatic heterocycles. The monoisotopic (exact) mass is 278 g/mol. The standard InChI is InChI=1S/C12H17F2O3P/c1-4-16-18(15,17-5-2)12(13,14)11-8-6-10(3)7-9-11/h6-9H,4-5H2,1-3H3. The first-order chi connectivity index (χ1) is 8.37. The Bertz CT molecular complexity index is 421. The molecule has 0 saturated carbocycles. The van der Waals surface area contributed by atoms with E-state index in [-0.39, 0.29) is 18.8 Å². The second-order valence-electron chi connectivity index (χ2n) is 3.74. The number of hydrogen-bond donors (Lipinski definition) is 0. The summed E-state index contributed by atoms with van der Waals surface area (Å²) >= 11 is 0. The summed E-state index contributed by atoms with van der Waals surface area (Å²) in [7, 11) is -4.49. The van der Waals surface area contributed by atoms with E-state index in [0.717, 1.165) is 5.56 Å². The molecule has 0 N–H and O–H groups in total. The van der Waals surface area contributed by atoms with E-state index in [1.165, 1.54) is 38.1 Å². The molecule has 1 aromatic rings. The van der Waals surface area contributed by atoms with E-state index in [1.807, 2.05) is 0 Å². The first-order valence-corrected chi connectivity index (χ1v) is 7.25. The lowest BCUT2D eigenvalue weighted by Crippen LogP contribution is -2.18. The van der Waals surface area contributed by atoms with Crippen molar-refractivity contribution in [1.29, 1.82) is 0 Å². The topological polar surface area (TPSA) is 35.5 Å². The fraction of sp³-hybridized carbons (Fsp3) is 0.500. The van der Waals surface area contributed by atoms with Gasteiger partial charge < -0.3 is 9.05 Å². The Balaban J connectivity index is 3.15. The van der Waals surface area contributed by atoms with Crippen LogP contribution in [0.4, 0.5) is 8.78 Å². The van der Waals surface area contributed by atoms with Gasteiger partial charge in [-0.1, -0.05) is 29.8 Å². The van der Waals surface area contributed by atoms with E-state index in [2.05, 4.69) is 0 Å². The lowest BCUT2D eigenvalue weighted by atomic mass is 10.2. The molecule has 0 saturated heterocycles. The molecular weight excluding hydrogens is 261 g/mol. The van der Waals surface area contributed by atoms with Crippen LogP contribution in [-0.4, -0.2) is 13.2 Å². The summed E-state index contributed by atoms with van der Waals surface area (Å²) in [6.07, 6.45) is 0. The highest BCUT2D eigenvalue weighted by Crippen LogP contribution is 2.66. The second kappa shape index (κ2) is 5.91. The Morgan fingerprint density at radius 2 is 1.56 bits per heavy atom. The highest BCUT2D eigenvalue weighted by atomic mass is 31.2. The van der Waals surface area contributed by atoms with Crippen LogP contribution in [0.3, 0.4) is 0 Å². The SMILES string of the molecule is CCOP(=O)(OCC)C(F)(F)c1ccc(C)cc1. The number of rotatable bonds is 6. The van der Waals surface area contributed by atoms with Gasteiger partial charge in [-0.3, -0.25) is 4.57 Å². The van der Waals surface area contributed by atoms with Gasteiger partial charge in [-0.2, -0.15) is 8.78 Å². The van der Waals surface area contributed by atoms with Crippen LogP contribution in [0.25, 0.3) is 0 Å². The Morgan fingerprint density at radius 3 is 1.94 bits per heavy atom. The minimum Gasteiger partial charge on any atom is -0.304 e. The molecule has 0 atom stereocenters. The molecule has 0 aliphatic heterocycles. The molecule has 1 aromatic carbocycles. The Morgan fingerprint density at radius 1 is 1.11 bits per heavy atom. The molecule has 6 heteroatoms. The molecule has 0 amide bonds. The lowest BCUT2D eigenvalue weighted by molar-refractivity contribution is 0.0360. The van der Waals surface area contributed by atoms with Crippen molar-refractivity contribution >= 4 is 7.60 Å². The molecule has 0 bridgehead atoms. The van der Waals surface area contributed by atoms with Crippen LogP contribution >= 0.6 is 7.60 Å². The molecule has 0 heterocycles. The van der Waals surface area contributed by atoms with Crippen molar-refractivity contribution in [2.45, 2.75) is 26.4 Å². The largest absolute Gasteiger partial charge is 0.404 e. The van der Waals surface area contributed by atoms with Gasteiger partial charge in [-0.25, -0.2) is 0 Å². The van der Waals surface area contributed by atoms with Crippen LogP contribution in [-0.2, 0) is 19.3 Å². The fourth-order valence-corrected chi connectivity index (χ4v) is 3.00. The van der Waals surface area contributed by atoms with Gasteiger partial charge in [-0.15, -0.1) is 0 Å². The number of aryl methyl sites for hydroxylation is 1. The predicted molar refractivity (Wildman–Crippen MR) is 65.9 cm³/mol. The van der Waals surface area contributed by atoms with Gasteiger partial charge in [0.1, 0.15) is 0 Å². The minimum absolute atomic E-state index is 0.0985. The summed E-state index contributed by atoms with van der Waals surface area (Å²) in [5.74, 6) is 0. The van der Waals surface area contributed by atoms with Crippen molar-refractivity contribution in [3.05, 3.63) is 35.4 Å². The van der Waals surface area contributed by atoms with Gasteiger partial charge in [0.05, 0.1) is 13.2 Å². The molecule has 18 heavy (non-hydrogen) atoms. The number of benzene rings is 1. The van der Waals surface area contributed by atoms with Crippen molar-refractivity contribution in [2.24, 2.45) is 0 Å². The maximum Gasteiger partial charge on any atom is 0.404 e. The normalized spacial score (nSPS) is 12.7. The minimum atomic E-state index is -4.49. The van der Waals surface area contributed by atoms with Gasteiger partial charge in [-0.05, 0) is 20.8 Å². The van der Waals surface area contributed by atoms with E-state index in [4.69, 9.17) is 9.05 Å². The number of halogens is 2. The Kier molecular flexibility index (Phi) is 5.02. The molecule has 102 valence electrons. The zero-order valence-electron chi connectivity index (χ0n) is 10.7. The predicted octanol–water partition coefficient (Wildman–Crippen LogP) is 4.31. The summed E-state index contributed by atoms with van der Waals surface area (Å²) < 4.78 is 49.9. The maximum atomic E-state index is 14.2. The second-order valence-corrected chi connectivity index (χ2v) is 5.81. The molecule has 0 fully saturated rings. The quantitative estimate of drug-likeness (QED) is 0.727. The molecular formula is C12H17F2O3P. The van der Waals surface area contributed by atoms with Crippen molar-refractivity contribution < 1.29 is 22.4 Å². The van der Waals surface area contributed by atoms with Gasteiger partial charge >= 0.3 is 13.3 Å². The van der Waals surface area contributed by atoms with E-state index in [1.54, 1.807) is 6.92 Å². The van der Waals surface area contributed by atoms with Gasteiger partial charge in [0.15, 0.2) is 0 Å². The highest BCUT2D eigenvalue weighted by Gasteiger charge is 2.54. The molecule has 0 spiro atoms. The average molecular weight is 278 g/mol. The molecule has 3 nitrogen and oxygen atoms in total. The van der Waals surface area contributed by atoms with Crippen molar-refractivity contribution in [2.75, 3.05) is 13.2 Å². The zero-order valence-corrected chi connectivity index (χ0v) is 11.5. The van der Waals surface area contributed by atoms with Gasteiger partial charge in [0.25, 0.3) is 0 Å². The average Bonchev–Trinajstić information content (AvgIpc) is 2.30. The molecule has 0 unspecified atom stereocenters. The third kappa shape index (κ3) is 2.97. The van der Waals surface area contributed by atoms with E-state index < -0.39 is 13.3 Å². The van der Waals surface area contributed by atoms with E-state index >= 15 is 0 Å². The van der Waals surface area contributed by atoms with Crippen LogP contribution in [0.15, 0.2) is 24.3 Å². The molecule has 0 aliphatic carbocycles. The number of alkyl halides is 2. The summed E-state index contributed by atoms with van der Waals surface area (Å²) in [4.78, 5) is 0. The van der Waals surface area contributed by atoms with Crippen LogP contribution in [0.5, 0.6) is 0 Å². The van der Waals surface area contributed by atoms with Gasteiger partial charge in [0, 0.05) is 5.56 Å². The van der Waals surface area contributed by atoms with Crippen LogP contribution < -0.4 is 0 Å². The smallest absolute Gasteiger partial charge is 0.304 e. The molecule has 0 aliphatic rings. The summed E-state index contributed by atoms with van der Waals surface area (Å²) in [6, 6.07) is 5.54. The summed E-state index contributed by atoms with van der Waals surface area (Å²) in [5.41, 5.74) is -3.16. The van der Waals surface area contributed by atoms with Crippen molar-refractivity contribution in [3.63, 3.8) is 0 Å². The zero-order chi connectivity index (χ0) is 13.8. The summed E-state index contributed by atoms with van der Waals surface area (Å²) in [6.45, 7) is 4.58. The lowest BCUT2D eigenvalue weighted by Gasteiger charge is -2.25. The van der Waals surface area contributed by atoms with Crippen molar-refractivity contribution in [1.82, 2.24) is 0 Å². The fourth-order valence-electron chi connectivity index (χ4n) is 1.45. The Hall–Kier alpha value is -0.770. The van der Waals surface area contributed by atoms with E-state index in [0.29, 0.717) is 0 Å². The van der Waals surface area contributed by atoms with E-state index in [9.17, 15) is 13.3 Å². The highest BCUT2D eigenvalue weighted by molar-refractivity contribution is 7.54. The number of hydrogen-bond acceptors (Lipinski definition) is 3. The van der Waals surface area contributed by atoms with Crippen LogP contribution in [0, 0.1) is 6.92 Å². The van der Waals surface area contributed by atoms with Gasteiger partial charge in [0.2, 0.25) is 0 Å². The first-order valence-electron chi connectivity index (χ1n) is 5.71. The molecule has 0 radical (unpaired) electrons. The van der Waals surface area contributed by atoms with Crippen molar-refractivity contribution in [3.8, 4) is 0 Å². The third-order valence-corrected chi connectivity index (χ3v) is 4.48. The van der Waals surface area contributed by atoms with Crippen LogP contribution in [0.1, 0.15) is 25.0 Å². The molecule has 1 rings (SSSR count). The maximum absolute atomic E-state index is 14.2. The third-order valence-electron chi connectivity index (χ3n) is 2.34.